The quantitative estimate of drug-likeness (QED) is 0.859. The van der Waals surface area contributed by atoms with Gasteiger partial charge in [-0.1, -0.05) is 6.07 Å². The maximum atomic E-state index is 4.36. The summed E-state index contributed by atoms with van der Waals surface area (Å²) in [6.45, 7) is 0.911. The van der Waals surface area contributed by atoms with Crippen molar-refractivity contribution in [1.82, 2.24) is 15.2 Å². The van der Waals surface area contributed by atoms with Crippen molar-refractivity contribution in [2.45, 2.75) is 50.4 Å². The minimum absolute atomic E-state index is 0.686. The summed E-state index contributed by atoms with van der Waals surface area (Å²) in [5.41, 5.74) is 1.15. The number of nitrogens with one attached hydrogen (secondary N) is 1. The Balaban J connectivity index is 1.54. The number of aromatic nitrogens is 1. The van der Waals surface area contributed by atoms with Crippen LogP contribution in [0.5, 0.6) is 0 Å². The summed E-state index contributed by atoms with van der Waals surface area (Å²) in [7, 11) is 2.29. The van der Waals surface area contributed by atoms with Crippen molar-refractivity contribution in [3.8, 4) is 0 Å². The van der Waals surface area contributed by atoms with Crippen LogP contribution in [0.2, 0.25) is 0 Å². The summed E-state index contributed by atoms with van der Waals surface area (Å²) in [6, 6.07) is 8.44. The Bertz CT molecular complexity index is 351. The molecule has 1 N–H and O–H groups in total. The topological polar surface area (TPSA) is 28.2 Å². The van der Waals surface area contributed by atoms with E-state index in [1.54, 1.807) is 0 Å². The van der Waals surface area contributed by atoms with Gasteiger partial charge in [-0.3, -0.25) is 4.98 Å². The Labute approximate surface area is 103 Å². The molecular weight excluding hydrogens is 210 g/mol. The van der Waals surface area contributed by atoms with Gasteiger partial charge in [-0.2, -0.15) is 0 Å². The molecule has 1 unspecified atom stereocenters. The molecule has 2 bridgehead atoms. The van der Waals surface area contributed by atoms with Crippen molar-refractivity contribution in [1.29, 1.82) is 0 Å². The first-order chi connectivity index (χ1) is 8.33. The van der Waals surface area contributed by atoms with E-state index < -0.39 is 0 Å². The Morgan fingerprint density at radius 2 is 2.06 bits per heavy atom. The molecule has 3 nitrogen and oxygen atoms in total. The standard InChI is InChI=1S/C14H21N3/c1-17-13-5-6-14(17)9-12(8-13)16-10-11-4-2-3-7-15-11/h2-4,7,12-14,16H,5-6,8-10H2,1H3/t12?,13-,14+. The van der Waals surface area contributed by atoms with Gasteiger partial charge in [0.1, 0.15) is 0 Å². The molecule has 3 atom stereocenters. The summed E-state index contributed by atoms with van der Waals surface area (Å²) < 4.78 is 0. The van der Waals surface area contributed by atoms with Gasteiger partial charge in [-0.25, -0.2) is 0 Å². The second-order valence-corrected chi connectivity index (χ2v) is 5.42. The number of fused-ring (bicyclic) bond motifs is 2. The van der Waals surface area contributed by atoms with Gasteiger partial charge in [0.25, 0.3) is 0 Å². The number of nitrogens with zero attached hydrogens (tertiary/aromatic N) is 2. The molecular formula is C14H21N3. The van der Waals surface area contributed by atoms with Gasteiger partial charge in [0.2, 0.25) is 0 Å². The molecule has 2 aliphatic rings. The van der Waals surface area contributed by atoms with Gasteiger partial charge in [-0.05, 0) is 44.9 Å². The molecule has 3 heteroatoms. The second-order valence-electron chi connectivity index (χ2n) is 5.42. The molecule has 1 aromatic rings. The van der Waals surface area contributed by atoms with Gasteiger partial charge in [0, 0.05) is 30.9 Å². The maximum absolute atomic E-state index is 4.36. The van der Waals surface area contributed by atoms with Crippen LogP contribution >= 0.6 is 0 Å². The van der Waals surface area contributed by atoms with E-state index in [4.69, 9.17) is 0 Å². The predicted molar refractivity (Wildman–Crippen MR) is 68.7 cm³/mol. The van der Waals surface area contributed by atoms with Crippen LogP contribution in [-0.2, 0) is 6.54 Å². The SMILES string of the molecule is CN1[C@@H]2CC[C@H]1CC(NCc1ccccn1)C2. The fourth-order valence-corrected chi connectivity index (χ4v) is 3.33. The third kappa shape index (κ3) is 2.35. The first-order valence-corrected chi connectivity index (χ1v) is 6.68. The minimum Gasteiger partial charge on any atom is -0.308 e. The van der Waals surface area contributed by atoms with Crippen molar-refractivity contribution >= 4 is 0 Å². The summed E-state index contributed by atoms with van der Waals surface area (Å²) in [6.07, 6.45) is 7.26. The van der Waals surface area contributed by atoms with E-state index >= 15 is 0 Å². The zero-order valence-corrected chi connectivity index (χ0v) is 10.5. The highest BCUT2D eigenvalue weighted by molar-refractivity contribution is 5.04. The zero-order chi connectivity index (χ0) is 11.7. The van der Waals surface area contributed by atoms with Crippen molar-refractivity contribution in [2.24, 2.45) is 0 Å². The Morgan fingerprint density at radius 1 is 1.29 bits per heavy atom. The van der Waals surface area contributed by atoms with Crippen molar-refractivity contribution < 1.29 is 0 Å². The van der Waals surface area contributed by atoms with Crippen LogP contribution in [0, 0.1) is 0 Å². The number of rotatable bonds is 3. The van der Waals surface area contributed by atoms with E-state index in [2.05, 4.69) is 34.4 Å². The Kier molecular flexibility index (Phi) is 3.12. The van der Waals surface area contributed by atoms with Crippen molar-refractivity contribution in [2.75, 3.05) is 7.05 Å². The van der Waals surface area contributed by atoms with Gasteiger partial charge in [0.05, 0.1) is 5.69 Å². The first-order valence-electron chi connectivity index (χ1n) is 6.68. The third-order valence-electron chi connectivity index (χ3n) is 4.40. The Hall–Kier alpha value is -0.930. The van der Waals surface area contributed by atoms with Crippen LogP contribution in [0.4, 0.5) is 0 Å². The lowest BCUT2D eigenvalue weighted by atomic mass is 9.98. The lowest BCUT2D eigenvalue weighted by molar-refractivity contribution is 0.148. The normalized spacial score (nSPS) is 32.9. The average Bonchev–Trinajstić information content (AvgIpc) is 2.61. The first kappa shape index (κ1) is 11.2. The monoisotopic (exact) mass is 231 g/mol. The van der Waals surface area contributed by atoms with Gasteiger partial charge >= 0.3 is 0 Å². The molecule has 2 fully saturated rings. The molecule has 0 aliphatic carbocycles. The number of piperidine rings is 1. The molecule has 2 saturated heterocycles. The van der Waals surface area contributed by atoms with Gasteiger partial charge in [0.15, 0.2) is 0 Å². The summed E-state index contributed by atoms with van der Waals surface area (Å²) in [5, 5.41) is 3.67. The molecule has 0 aromatic carbocycles. The van der Waals surface area contributed by atoms with Crippen LogP contribution in [-0.4, -0.2) is 35.1 Å². The second kappa shape index (κ2) is 4.75. The fraction of sp³-hybridized carbons (Fsp3) is 0.643. The van der Waals surface area contributed by atoms with E-state index in [1.165, 1.54) is 25.7 Å². The molecule has 0 saturated carbocycles. The fourth-order valence-electron chi connectivity index (χ4n) is 3.33. The van der Waals surface area contributed by atoms with Crippen molar-refractivity contribution in [3.63, 3.8) is 0 Å². The number of hydrogen-bond donors (Lipinski definition) is 1. The van der Waals surface area contributed by atoms with E-state index in [0.717, 1.165) is 24.3 Å². The molecule has 0 amide bonds. The molecule has 2 aliphatic heterocycles. The van der Waals surface area contributed by atoms with Crippen LogP contribution in [0.15, 0.2) is 24.4 Å². The summed E-state index contributed by atoms with van der Waals surface area (Å²) >= 11 is 0. The highest BCUT2D eigenvalue weighted by Crippen LogP contribution is 2.34. The Morgan fingerprint density at radius 3 is 2.71 bits per heavy atom. The lowest BCUT2D eigenvalue weighted by Gasteiger charge is -2.36. The van der Waals surface area contributed by atoms with E-state index in [-0.39, 0.29) is 0 Å². The van der Waals surface area contributed by atoms with E-state index in [0.29, 0.717) is 6.04 Å². The minimum atomic E-state index is 0.686. The van der Waals surface area contributed by atoms with Crippen LogP contribution in [0.25, 0.3) is 0 Å². The van der Waals surface area contributed by atoms with Crippen LogP contribution in [0.1, 0.15) is 31.4 Å². The highest BCUT2D eigenvalue weighted by Gasteiger charge is 2.37. The zero-order valence-electron chi connectivity index (χ0n) is 10.5. The average molecular weight is 231 g/mol. The van der Waals surface area contributed by atoms with Crippen LogP contribution in [0.3, 0.4) is 0 Å². The third-order valence-corrected chi connectivity index (χ3v) is 4.40. The number of pyridine rings is 1. The van der Waals surface area contributed by atoms with Crippen molar-refractivity contribution in [3.05, 3.63) is 30.1 Å². The van der Waals surface area contributed by atoms with Crippen LogP contribution < -0.4 is 5.32 Å². The predicted octanol–water partition coefficient (Wildman–Crippen LogP) is 1.80. The summed E-state index contributed by atoms with van der Waals surface area (Å²) in [5.74, 6) is 0. The van der Waals surface area contributed by atoms with E-state index in [9.17, 15) is 0 Å². The maximum Gasteiger partial charge on any atom is 0.0541 e. The molecule has 1 aromatic heterocycles. The number of hydrogen-bond acceptors (Lipinski definition) is 3. The highest BCUT2D eigenvalue weighted by atomic mass is 15.2. The largest absolute Gasteiger partial charge is 0.308 e. The molecule has 92 valence electrons. The smallest absolute Gasteiger partial charge is 0.0541 e. The molecule has 0 spiro atoms. The molecule has 0 radical (unpaired) electrons. The molecule has 3 heterocycles. The molecule has 17 heavy (non-hydrogen) atoms. The lowest BCUT2D eigenvalue weighted by Crippen LogP contribution is -2.47. The van der Waals surface area contributed by atoms with E-state index in [1.807, 2.05) is 12.3 Å². The summed E-state index contributed by atoms with van der Waals surface area (Å²) in [4.78, 5) is 6.94. The van der Waals surface area contributed by atoms with Gasteiger partial charge < -0.3 is 10.2 Å². The van der Waals surface area contributed by atoms with Gasteiger partial charge in [-0.15, -0.1) is 0 Å². The molecule has 3 rings (SSSR count).